The van der Waals surface area contributed by atoms with Crippen LogP contribution in [0.3, 0.4) is 0 Å². The molecule has 8 heteroatoms. The molecular weight excluding hydrogens is 292 g/mol. The maximum absolute atomic E-state index is 12.3. The van der Waals surface area contributed by atoms with Crippen molar-refractivity contribution in [2.75, 3.05) is 6.61 Å². The molecule has 8 nitrogen and oxygen atoms in total. The summed E-state index contributed by atoms with van der Waals surface area (Å²) in [6.45, 7) is 7.39. The first-order valence-electron chi connectivity index (χ1n) is 7.06. The lowest BCUT2D eigenvalue weighted by Crippen LogP contribution is -2.40. The smallest absolute Gasteiger partial charge is 0.333 e. The van der Waals surface area contributed by atoms with Crippen molar-refractivity contribution in [1.29, 1.82) is 0 Å². The number of nitrogens with zero attached hydrogens (tertiary/aromatic N) is 1. The number of rotatable bonds is 1. The summed E-state index contributed by atoms with van der Waals surface area (Å²) in [4.78, 5) is 26.4. The molecule has 3 aliphatic heterocycles. The first-order valence-corrected chi connectivity index (χ1v) is 7.06. The molecule has 4 heterocycles. The summed E-state index contributed by atoms with van der Waals surface area (Å²) in [5.74, 6) is -0.601. The Balaban J connectivity index is 1.90. The molecule has 0 spiro atoms. The molecule has 0 aliphatic carbocycles. The number of aromatic amines is 1. The summed E-state index contributed by atoms with van der Waals surface area (Å²) in [5.41, 5.74) is -0.944. The molecule has 0 aromatic carbocycles. The summed E-state index contributed by atoms with van der Waals surface area (Å²) < 4.78 is 24.5. The normalized spacial score (nSPS) is 34.5. The zero-order valence-corrected chi connectivity index (χ0v) is 12.2. The van der Waals surface area contributed by atoms with Crippen LogP contribution in [0.15, 0.2) is 16.2 Å². The number of aromatic nitrogens is 2. The van der Waals surface area contributed by atoms with Crippen LogP contribution in [0.1, 0.15) is 25.6 Å². The van der Waals surface area contributed by atoms with E-state index in [0.717, 1.165) is 0 Å². The van der Waals surface area contributed by atoms with Crippen LogP contribution >= 0.6 is 0 Å². The van der Waals surface area contributed by atoms with Gasteiger partial charge in [-0.2, -0.15) is 0 Å². The van der Waals surface area contributed by atoms with E-state index in [0.29, 0.717) is 0 Å². The zero-order valence-electron chi connectivity index (χ0n) is 12.2. The van der Waals surface area contributed by atoms with E-state index in [-0.39, 0.29) is 30.3 Å². The highest BCUT2D eigenvalue weighted by atomic mass is 16.8. The van der Waals surface area contributed by atoms with Crippen LogP contribution in [0, 0.1) is 0 Å². The number of nitrogens with one attached hydrogen (secondary N) is 1. The van der Waals surface area contributed by atoms with Crippen LogP contribution in [-0.4, -0.2) is 40.3 Å². The van der Waals surface area contributed by atoms with Gasteiger partial charge in [-0.25, -0.2) is 9.36 Å². The molecule has 2 bridgehead atoms. The summed E-state index contributed by atoms with van der Waals surface area (Å²) >= 11 is 0. The lowest BCUT2D eigenvalue weighted by Gasteiger charge is -2.23. The molecule has 4 atom stereocenters. The Labute approximate surface area is 125 Å². The average molecular weight is 308 g/mol. The van der Waals surface area contributed by atoms with Gasteiger partial charge in [0, 0.05) is 0 Å². The van der Waals surface area contributed by atoms with Crippen LogP contribution < -0.4 is 16.0 Å². The minimum Gasteiger partial charge on any atom is -0.475 e. The summed E-state index contributed by atoms with van der Waals surface area (Å²) in [7, 11) is 0. The van der Waals surface area contributed by atoms with E-state index in [2.05, 4.69) is 11.6 Å². The molecule has 0 saturated carbocycles. The Morgan fingerprint density at radius 2 is 2.05 bits per heavy atom. The Morgan fingerprint density at radius 1 is 1.32 bits per heavy atom. The molecule has 1 aromatic heterocycles. The van der Waals surface area contributed by atoms with Crippen molar-refractivity contribution < 1.29 is 18.9 Å². The highest BCUT2D eigenvalue weighted by Crippen LogP contribution is 2.45. The highest BCUT2D eigenvalue weighted by Gasteiger charge is 2.58. The molecule has 0 radical (unpaired) electrons. The van der Waals surface area contributed by atoms with Crippen molar-refractivity contribution in [2.45, 2.75) is 44.2 Å². The van der Waals surface area contributed by atoms with Gasteiger partial charge in [-0.05, 0) is 13.8 Å². The molecule has 2 fully saturated rings. The van der Waals surface area contributed by atoms with E-state index >= 15 is 0 Å². The minimum absolute atomic E-state index is 0.156. The Bertz CT molecular complexity index is 764. The van der Waals surface area contributed by atoms with Crippen molar-refractivity contribution in [3.8, 4) is 5.88 Å². The van der Waals surface area contributed by atoms with Gasteiger partial charge in [-0.3, -0.25) is 9.78 Å². The van der Waals surface area contributed by atoms with Crippen molar-refractivity contribution >= 4 is 6.08 Å². The molecule has 4 rings (SSSR count). The molecule has 118 valence electrons. The van der Waals surface area contributed by atoms with E-state index in [9.17, 15) is 9.59 Å². The van der Waals surface area contributed by atoms with Gasteiger partial charge in [0.2, 0.25) is 5.88 Å². The maximum Gasteiger partial charge on any atom is 0.333 e. The number of ether oxygens (including phenoxy) is 4. The standard InChI is InChI=1S/C14H16N2O6/c1-4-6-10(17)15-13(18)16-11(6)19-5-7-8-9(12(16)20-7)22-14(2,3)21-8/h4,7-9,12H,1,5H2,2-3H3,(H,15,17,18)/t7-,8-,9-,12?/m1/s1. The van der Waals surface area contributed by atoms with Crippen LogP contribution in [0.25, 0.3) is 6.08 Å². The van der Waals surface area contributed by atoms with Crippen molar-refractivity contribution in [1.82, 2.24) is 9.55 Å². The van der Waals surface area contributed by atoms with Gasteiger partial charge in [-0.1, -0.05) is 12.7 Å². The van der Waals surface area contributed by atoms with E-state index in [1.165, 1.54) is 10.6 Å². The van der Waals surface area contributed by atoms with Gasteiger partial charge in [0.1, 0.15) is 24.9 Å². The topological polar surface area (TPSA) is 91.8 Å². The molecule has 1 N–H and O–H groups in total. The summed E-state index contributed by atoms with van der Waals surface area (Å²) in [6, 6.07) is 0. The van der Waals surface area contributed by atoms with Crippen LogP contribution in [-0.2, 0) is 14.2 Å². The van der Waals surface area contributed by atoms with Gasteiger partial charge in [0.15, 0.2) is 12.0 Å². The lowest BCUT2D eigenvalue weighted by molar-refractivity contribution is -0.195. The van der Waals surface area contributed by atoms with Gasteiger partial charge < -0.3 is 18.9 Å². The fraction of sp³-hybridized carbons (Fsp3) is 0.571. The maximum atomic E-state index is 12.3. The number of fused-ring (bicyclic) bond motifs is 7. The Hall–Kier alpha value is -1.90. The summed E-state index contributed by atoms with van der Waals surface area (Å²) in [6.07, 6.45) is -0.486. The molecule has 0 amide bonds. The minimum atomic E-state index is -0.757. The first kappa shape index (κ1) is 13.7. The van der Waals surface area contributed by atoms with Crippen LogP contribution in [0.2, 0.25) is 0 Å². The monoisotopic (exact) mass is 308 g/mol. The first-order chi connectivity index (χ1) is 10.4. The van der Waals surface area contributed by atoms with Crippen molar-refractivity contribution in [3.05, 3.63) is 33.0 Å². The number of H-pyrrole nitrogens is 1. The fourth-order valence-electron chi connectivity index (χ4n) is 3.26. The fourth-order valence-corrected chi connectivity index (χ4v) is 3.26. The molecule has 3 aliphatic rings. The van der Waals surface area contributed by atoms with Crippen LogP contribution in [0.5, 0.6) is 5.88 Å². The van der Waals surface area contributed by atoms with Crippen LogP contribution in [0.4, 0.5) is 0 Å². The third-order valence-electron chi connectivity index (χ3n) is 4.10. The molecule has 2 saturated heterocycles. The van der Waals surface area contributed by atoms with E-state index in [1.54, 1.807) is 0 Å². The molecule has 22 heavy (non-hydrogen) atoms. The Morgan fingerprint density at radius 3 is 2.77 bits per heavy atom. The second-order valence-electron chi connectivity index (χ2n) is 5.99. The van der Waals surface area contributed by atoms with E-state index in [4.69, 9.17) is 18.9 Å². The van der Waals surface area contributed by atoms with Gasteiger partial charge in [-0.15, -0.1) is 0 Å². The third-order valence-corrected chi connectivity index (χ3v) is 4.10. The van der Waals surface area contributed by atoms with Gasteiger partial charge in [0.25, 0.3) is 5.56 Å². The quantitative estimate of drug-likeness (QED) is 0.784. The second kappa shape index (κ2) is 4.31. The molecule has 1 aromatic rings. The third kappa shape index (κ3) is 1.74. The highest BCUT2D eigenvalue weighted by molar-refractivity contribution is 5.52. The van der Waals surface area contributed by atoms with E-state index in [1.807, 2.05) is 13.8 Å². The van der Waals surface area contributed by atoms with Gasteiger partial charge in [0.05, 0.1) is 5.56 Å². The zero-order chi connectivity index (χ0) is 15.6. The predicted molar refractivity (Wildman–Crippen MR) is 74.6 cm³/mol. The average Bonchev–Trinajstić information content (AvgIpc) is 2.81. The predicted octanol–water partition coefficient (Wildman–Crippen LogP) is -0.0105. The lowest BCUT2D eigenvalue weighted by atomic mass is 10.1. The molecule has 1 unspecified atom stereocenters. The largest absolute Gasteiger partial charge is 0.475 e. The van der Waals surface area contributed by atoms with E-state index < -0.39 is 29.4 Å². The van der Waals surface area contributed by atoms with Gasteiger partial charge >= 0.3 is 5.69 Å². The van der Waals surface area contributed by atoms with Crippen molar-refractivity contribution in [3.63, 3.8) is 0 Å². The Kier molecular flexibility index (Phi) is 2.69. The SMILES string of the molecule is C=Cc1c2n(c(=O)[nH]c1=O)C1O[C@H](CO2)[C@H]2OC(C)(C)O[C@@H]12. The molecular formula is C14H16N2O6. The second-order valence-corrected chi connectivity index (χ2v) is 5.99. The number of hydrogen-bond donors (Lipinski definition) is 1. The number of hydrogen-bond acceptors (Lipinski definition) is 6. The summed E-state index contributed by atoms with van der Waals surface area (Å²) in [5, 5.41) is 0. The van der Waals surface area contributed by atoms with Crippen molar-refractivity contribution in [2.24, 2.45) is 0 Å².